The van der Waals surface area contributed by atoms with Gasteiger partial charge in [0.1, 0.15) is 43.1 Å². The smallest absolute Gasteiger partial charge is 0.394 e. The lowest BCUT2D eigenvalue weighted by Gasteiger charge is -2.39. The van der Waals surface area contributed by atoms with Crippen molar-refractivity contribution in [2.24, 2.45) is 0 Å². The molecule has 0 radical (unpaired) electrons. The standard InChI is InChI=1S/C46H42N7O13P/c54-22-35-34(66-67(62,63-18-16-25-4-11-30(12-5-25)52(58)59)64-19-17-26-6-13-31(14-7-26)53(60)61)21-36(65-35)51-24-49-41-45(47-23-48-46(41)51)50-40-39-32-15-10-28-3-1-2-27-8-9-29(38(32)37(27)28)20-33(39)42(55)44(57)43(40)56/h1-15,20,23-24,34-36,40,42-44,54-57H,16-19,21-22H2,(H,47,48,50)/t34-,35+,36+,40-,42+,43+,44-/m0/s1. The van der Waals surface area contributed by atoms with Gasteiger partial charge in [-0.2, -0.15) is 0 Å². The fraction of sp³-hybridized carbons (Fsp3) is 0.283. The van der Waals surface area contributed by atoms with Crippen molar-refractivity contribution in [1.29, 1.82) is 0 Å². The molecular formula is C46H42N7O13P. The Morgan fingerprint density at radius 3 is 2.04 bits per heavy atom. The lowest BCUT2D eigenvalue weighted by Crippen LogP contribution is -2.44. The number of aliphatic hydroxyl groups excluding tert-OH is 4. The van der Waals surface area contributed by atoms with E-state index in [9.17, 15) is 45.2 Å². The zero-order chi connectivity index (χ0) is 46.6. The average Bonchev–Trinajstić information content (AvgIpc) is 3.96. The third-order valence-electron chi connectivity index (χ3n) is 12.5. The molecule has 3 heterocycles. The highest BCUT2D eigenvalue weighted by molar-refractivity contribution is 7.48. The average molecular weight is 932 g/mol. The van der Waals surface area contributed by atoms with Gasteiger partial charge in [-0.05, 0) is 73.5 Å². The predicted molar refractivity (Wildman–Crippen MR) is 242 cm³/mol. The Labute approximate surface area is 379 Å². The second kappa shape index (κ2) is 17.9. The number of imidazole rings is 1. The SMILES string of the molecule is O=[N+]([O-])c1ccc(CCOP(=O)(OCCc2ccc([N+](=O)[O-])cc2)O[C@H]2C[C@H](n3cnc4c(N[C@H]5c6c(cc7ccc8cccc9ccc6c7c89)[C@@H](O)[C@H](O)[C@@H]5O)ncnc43)O[C@@H]2CO)cc1. The van der Waals surface area contributed by atoms with Gasteiger partial charge in [0.05, 0.1) is 42.0 Å². The number of nitro benzene ring substituents is 2. The number of ether oxygens (including phenoxy) is 1. The summed E-state index contributed by atoms with van der Waals surface area (Å²) in [6.45, 7) is -0.890. The topological polar surface area (TPSA) is 277 Å². The third kappa shape index (κ3) is 8.32. The molecule has 10 rings (SSSR count). The molecule has 0 bridgehead atoms. The van der Waals surface area contributed by atoms with Crippen LogP contribution in [0.5, 0.6) is 0 Å². The normalized spacial score (nSPS) is 21.9. The summed E-state index contributed by atoms with van der Waals surface area (Å²) >= 11 is 0. The number of aliphatic hydroxyl groups is 4. The Kier molecular flexibility index (Phi) is 11.8. The number of phosphoric ester groups is 1. The van der Waals surface area contributed by atoms with Crippen LogP contribution in [0.3, 0.4) is 0 Å². The number of nitrogens with zero attached hydrogens (tertiary/aromatic N) is 6. The van der Waals surface area contributed by atoms with Gasteiger partial charge in [0.2, 0.25) is 0 Å². The zero-order valence-electron chi connectivity index (χ0n) is 35.3. The molecule has 21 heteroatoms. The number of benzene rings is 6. The first-order valence-electron chi connectivity index (χ1n) is 21.4. The van der Waals surface area contributed by atoms with Crippen LogP contribution in [0.1, 0.15) is 47.0 Å². The summed E-state index contributed by atoms with van der Waals surface area (Å²) in [4.78, 5) is 34.8. The van der Waals surface area contributed by atoms with Crippen molar-refractivity contribution in [2.45, 2.75) is 62.1 Å². The number of fused-ring (bicyclic) bond motifs is 3. The molecule has 1 aliphatic heterocycles. The second-order valence-electron chi connectivity index (χ2n) is 16.5. The van der Waals surface area contributed by atoms with Crippen LogP contribution in [0.25, 0.3) is 43.5 Å². The molecule has 344 valence electrons. The Morgan fingerprint density at radius 2 is 1.42 bits per heavy atom. The maximum atomic E-state index is 14.4. The van der Waals surface area contributed by atoms with E-state index in [1.54, 1.807) is 28.8 Å². The quantitative estimate of drug-likeness (QED) is 0.0290. The van der Waals surface area contributed by atoms with Crippen LogP contribution in [0.2, 0.25) is 0 Å². The first-order chi connectivity index (χ1) is 32.4. The van der Waals surface area contributed by atoms with Crippen LogP contribution in [0.4, 0.5) is 17.2 Å². The van der Waals surface area contributed by atoms with E-state index < -0.39 is 67.1 Å². The highest BCUT2D eigenvalue weighted by atomic mass is 31.2. The van der Waals surface area contributed by atoms with Crippen LogP contribution < -0.4 is 5.32 Å². The maximum absolute atomic E-state index is 14.4. The molecule has 7 atom stereocenters. The van der Waals surface area contributed by atoms with E-state index in [1.807, 2.05) is 48.5 Å². The molecule has 0 unspecified atom stereocenters. The van der Waals surface area contributed by atoms with Gasteiger partial charge in [0.15, 0.2) is 17.0 Å². The summed E-state index contributed by atoms with van der Waals surface area (Å²) in [7, 11) is -4.43. The number of rotatable bonds is 16. The van der Waals surface area contributed by atoms with Crippen molar-refractivity contribution >= 4 is 68.5 Å². The molecule has 8 aromatic rings. The van der Waals surface area contributed by atoms with Crippen molar-refractivity contribution in [3.63, 3.8) is 0 Å². The number of hydrogen-bond donors (Lipinski definition) is 5. The van der Waals surface area contributed by atoms with Crippen LogP contribution in [-0.4, -0.2) is 94.0 Å². The Morgan fingerprint density at radius 1 is 0.791 bits per heavy atom. The second-order valence-corrected chi connectivity index (χ2v) is 18.1. The Bertz CT molecular complexity index is 3110. The van der Waals surface area contributed by atoms with Crippen molar-refractivity contribution in [2.75, 3.05) is 25.1 Å². The minimum Gasteiger partial charge on any atom is -0.394 e. The number of nitro groups is 2. The Hall–Kier alpha value is -6.58. The molecular weight excluding hydrogens is 890 g/mol. The van der Waals surface area contributed by atoms with Crippen LogP contribution in [0.15, 0.2) is 110 Å². The van der Waals surface area contributed by atoms with Crippen molar-refractivity contribution < 1.29 is 53.1 Å². The van der Waals surface area contributed by atoms with Gasteiger partial charge in [-0.1, -0.05) is 66.7 Å². The van der Waals surface area contributed by atoms with E-state index in [0.29, 0.717) is 27.9 Å². The number of hydrogen-bond acceptors (Lipinski definition) is 17. The van der Waals surface area contributed by atoms with E-state index in [2.05, 4.69) is 20.3 Å². The Balaban J connectivity index is 0.905. The highest BCUT2D eigenvalue weighted by Crippen LogP contribution is 2.54. The van der Waals surface area contributed by atoms with Gasteiger partial charge in [-0.15, -0.1) is 0 Å². The number of non-ortho nitro benzene ring substituents is 2. The molecule has 20 nitrogen and oxygen atoms in total. The van der Waals surface area contributed by atoms with Gasteiger partial charge in [0, 0.05) is 30.7 Å². The molecule has 1 saturated heterocycles. The first kappa shape index (κ1) is 44.3. The van der Waals surface area contributed by atoms with E-state index >= 15 is 0 Å². The van der Waals surface area contributed by atoms with Crippen molar-refractivity contribution in [3.8, 4) is 0 Å². The van der Waals surface area contributed by atoms with E-state index in [0.717, 1.165) is 32.3 Å². The van der Waals surface area contributed by atoms with Gasteiger partial charge in [-0.25, -0.2) is 19.5 Å². The van der Waals surface area contributed by atoms with Crippen LogP contribution in [-0.2, 0) is 35.7 Å². The predicted octanol–water partition coefficient (Wildman–Crippen LogP) is 6.75. The van der Waals surface area contributed by atoms with E-state index in [-0.39, 0.29) is 55.2 Å². The summed E-state index contributed by atoms with van der Waals surface area (Å²) in [5.74, 6) is 0.213. The molecule has 67 heavy (non-hydrogen) atoms. The minimum absolute atomic E-state index is 0.0162. The molecule has 0 spiro atoms. The van der Waals surface area contributed by atoms with Crippen LogP contribution in [0, 0.1) is 20.2 Å². The number of nitrogens with one attached hydrogen (secondary N) is 1. The molecule has 2 aliphatic rings. The monoisotopic (exact) mass is 931 g/mol. The van der Waals surface area contributed by atoms with E-state index in [4.69, 9.17) is 18.3 Å². The number of anilines is 1. The molecule has 1 fully saturated rings. The molecule has 0 amide bonds. The molecule has 2 aromatic heterocycles. The fourth-order valence-corrected chi connectivity index (χ4v) is 10.6. The molecule has 6 aromatic carbocycles. The fourth-order valence-electron chi connectivity index (χ4n) is 9.19. The molecule has 5 N–H and O–H groups in total. The van der Waals surface area contributed by atoms with Gasteiger partial charge in [0.25, 0.3) is 11.4 Å². The third-order valence-corrected chi connectivity index (χ3v) is 14.1. The van der Waals surface area contributed by atoms with Crippen molar-refractivity contribution in [3.05, 3.63) is 152 Å². The number of aromatic nitrogens is 4. The minimum atomic E-state index is -4.43. The number of phosphoric acid groups is 1. The lowest BCUT2D eigenvalue weighted by atomic mass is 9.77. The summed E-state index contributed by atoms with van der Waals surface area (Å²) in [6, 6.07) is 26.5. The van der Waals surface area contributed by atoms with Gasteiger partial charge in [-0.3, -0.25) is 38.4 Å². The maximum Gasteiger partial charge on any atom is 0.475 e. The summed E-state index contributed by atoms with van der Waals surface area (Å²) in [5, 5.41) is 76.0. The molecule has 0 saturated carbocycles. The van der Waals surface area contributed by atoms with Crippen molar-refractivity contribution in [1.82, 2.24) is 19.5 Å². The lowest BCUT2D eigenvalue weighted by molar-refractivity contribution is -0.385. The summed E-state index contributed by atoms with van der Waals surface area (Å²) in [5.41, 5.74) is 2.76. The highest BCUT2D eigenvalue weighted by Gasteiger charge is 2.45. The largest absolute Gasteiger partial charge is 0.475 e. The summed E-state index contributed by atoms with van der Waals surface area (Å²) in [6.07, 6.45) is -4.17. The van der Waals surface area contributed by atoms with Crippen LogP contribution >= 0.6 is 7.82 Å². The zero-order valence-corrected chi connectivity index (χ0v) is 36.2. The first-order valence-corrected chi connectivity index (χ1v) is 22.8. The summed E-state index contributed by atoms with van der Waals surface area (Å²) < 4.78 is 39.9. The molecule has 1 aliphatic carbocycles. The van der Waals surface area contributed by atoms with Gasteiger partial charge >= 0.3 is 7.82 Å². The van der Waals surface area contributed by atoms with Gasteiger partial charge < -0.3 is 30.5 Å². The van der Waals surface area contributed by atoms with E-state index in [1.165, 1.54) is 36.9 Å².